The largest absolute Gasteiger partial charge is 0.492 e. The van der Waals surface area contributed by atoms with E-state index in [-0.39, 0.29) is 11.8 Å². The standard InChI is InChI=1S/C27H27N3O2/c1-2-32-25-15-9-8-14-24(25)30-19-21(18-26(30)31)27-28-22-12-6-7-13-23(22)29(27)17-16-20-10-4-3-5-11-20/h3-15,21H,2,16-19H2,1H3/t21-/m0/s1. The molecule has 1 aliphatic rings. The fourth-order valence-electron chi connectivity index (χ4n) is 4.60. The van der Waals surface area contributed by atoms with E-state index in [1.165, 1.54) is 5.56 Å². The Morgan fingerprint density at radius 1 is 0.969 bits per heavy atom. The first-order valence-corrected chi connectivity index (χ1v) is 11.3. The number of benzene rings is 3. The highest BCUT2D eigenvalue weighted by Crippen LogP contribution is 2.37. The van der Waals surface area contributed by atoms with Crippen LogP contribution in [0, 0.1) is 0 Å². The molecule has 0 spiro atoms. The second-order valence-electron chi connectivity index (χ2n) is 8.15. The average Bonchev–Trinajstić information content (AvgIpc) is 3.39. The van der Waals surface area contributed by atoms with Crippen molar-refractivity contribution in [3.05, 3.63) is 90.3 Å². The summed E-state index contributed by atoms with van der Waals surface area (Å²) in [6.07, 6.45) is 1.38. The fourth-order valence-corrected chi connectivity index (χ4v) is 4.60. The smallest absolute Gasteiger partial charge is 0.227 e. The number of imidazole rings is 1. The number of nitrogens with zero attached hydrogens (tertiary/aromatic N) is 3. The van der Waals surface area contributed by atoms with Crippen molar-refractivity contribution in [3.8, 4) is 5.75 Å². The summed E-state index contributed by atoms with van der Waals surface area (Å²) in [4.78, 5) is 19.9. The number of carbonyl (C=O) groups is 1. The quantitative estimate of drug-likeness (QED) is 0.409. The highest BCUT2D eigenvalue weighted by molar-refractivity contribution is 5.97. The Labute approximate surface area is 188 Å². The van der Waals surface area contributed by atoms with E-state index in [4.69, 9.17) is 9.72 Å². The molecule has 1 atom stereocenters. The Morgan fingerprint density at radius 2 is 1.72 bits per heavy atom. The highest BCUT2D eigenvalue weighted by Gasteiger charge is 2.35. The molecule has 0 bridgehead atoms. The minimum atomic E-state index is 0.0420. The first kappa shape index (κ1) is 20.3. The number of hydrogen-bond acceptors (Lipinski definition) is 3. The molecular formula is C27H27N3O2. The van der Waals surface area contributed by atoms with Crippen LogP contribution in [-0.4, -0.2) is 28.6 Å². The Morgan fingerprint density at radius 3 is 2.56 bits per heavy atom. The van der Waals surface area contributed by atoms with Gasteiger partial charge < -0.3 is 14.2 Å². The maximum absolute atomic E-state index is 13.1. The van der Waals surface area contributed by atoms with Crippen LogP contribution < -0.4 is 9.64 Å². The Hall–Kier alpha value is -3.60. The van der Waals surface area contributed by atoms with E-state index >= 15 is 0 Å². The van der Waals surface area contributed by atoms with Gasteiger partial charge in [-0.3, -0.25) is 4.79 Å². The van der Waals surface area contributed by atoms with Gasteiger partial charge in [0.15, 0.2) is 0 Å². The van der Waals surface area contributed by atoms with E-state index < -0.39 is 0 Å². The number of ether oxygens (including phenoxy) is 1. The second kappa shape index (κ2) is 8.87. The van der Waals surface area contributed by atoms with Crippen LogP contribution in [0.3, 0.4) is 0 Å². The van der Waals surface area contributed by atoms with Crippen molar-refractivity contribution in [1.82, 2.24) is 9.55 Å². The van der Waals surface area contributed by atoms with Gasteiger partial charge in [-0.2, -0.15) is 0 Å². The normalized spacial score (nSPS) is 16.1. The summed E-state index contributed by atoms with van der Waals surface area (Å²) in [5.74, 6) is 1.90. The second-order valence-corrected chi connectivity index (χ2v) is 8.15. The molecular weight excluding hydrogens is 398 g/mol. The van der Waals surface area contributed by atoms with Crippen molar-refractivity contribution in [1.29, 1.82) is 0 Å². The van der Waals surface area contributed by atoms with E-state index in [0.717, 1.165) is 41.3 Å². The zero-order chi connectivity index (χ0) is 21.9. The third-order valence-corrected chi connectivity index (χ3v) is 6.10. The molecule has 4 aromatic rings. The maximum atomic E-state index is 13.1. The van der Waals surface area contributed by atoms with Crippen LogP contribution in [0.15, 0.2) is 78.9 Å². The van der Waals surface area contributed by atoms with Gasteiger partial charge in [-0.25, -0.2) is 4.98 Å². The third kappa shape index (κ3) is 3.86. The lowest BCUT2D eigenvalue weighted by molar-refractivity contribution is -0.117. The molecule has 5 nitrogen and oxygen atoms in total. The number of aromatic nitrogens is 2. The summed E-state index contributed by atoms with van der Waals surface area (Å²) in [5.41, 5.74) is 4.25. The molecule has 3 aromatic carbocycles. The average molecular weight is 426 g/mol. The van der Waals surface area contributed by atoms with Crippen molar-refractivity contribution in [3.63, 3.8) is 0 Å². The van der Waals surface area contributed by atoms with E-state index in [9.17, 15) is 4.79 Å². The topological polar surface area (TPSA) is 47.4 Å². The molecule has 0 N–H and O–H groups in total. The number of rotatable bonds is 7. The first-order chi connectivity index (χ1) is 15.7. The Bertz CT molecular complexity index is 1230. The molecule has 0 unspecified atom stereocenters. The van der Waals surface area contributed by atoms with Gasteiger partial charge in [0.05, 0.1) is 23.3 Å². The van der Waals surface area contributed by atoms with Crippen LogP contribution in [0.2, 0.25) is 0 Å². The van der Waals surface area contributed by atoms with Gasteiger partial charge in [0, 0.05) is 25.4 Å². The molecule has 162 valence electrons. The van der Waals surface area contributed by atoms with E-state index in [1.807, 2.05) is 48.2 Å². The molecule has 1 aliphatic heterocycles. The molecule has 1 fully saturated rings. The number of fused-ring (bicyclic) bond motifs is 1. The summed E-state index contributed by atoms with van der Waals surface area (Å²) < 4.78 is 8.09. The summed E-state index contributed by atoms with van der Waals surface area (Å²) in [7, 11) is 0. The number of amides is 1. The van der Waals surface area contributed by atoms with Crippen LogP contribution in [0.25, 0.3) is 11.0 Å². The molecule has 5 heteroatoms. The number of aryl methyl sites for hydroxylation is 2. The summed E-state index contributed by atoms with van der Waals surface area (Å²) in [6.45, 7) is 3.97. The van der Waals surface area contributed by atoms with Gasteiger partial charge in [0.1, 0.15) is 11.6 Å². The Kier molecular flexibility index (Phi) is 5.63. The first-order valence-electron chi connectivity index (χ1n) is 11.3. The van der Waals surface area contributed by atoms with Gasteiger partial charge in [0.2, 0.25) is 5.91 Å². The number of carbonyl (C=O) groups excluding carboxylic acids is 1. The zero-order valence-electron chi connectivity index (χ0n) is 18.3. The highest BCUT2D eigenvalue weighted by atomic mass is 16.5. The van der Waals surface area contributed by atoms with Crippen molar-refractivity contribution in [2.45, 2.75) is 32.2 Å². The van der Waals surface area contributed by atoms with Crippen molar-refractivity contribution in [2.24, 2.45) is 0 Å². The minimum Gasteiger partial charge on any atom is -0.492 e. The summed E-state index contributed by atoms with van der Waals surface area (Å²) in [5, 5.41) is 0. The molecule has 1 aromatic heterocycles. The van der Waals surface area contributed by atoms with Gasteiger partial charge in [-0.15, -0.1) is 0 Å². The monoisotopic (exact) mass is 425 g/mol. The molecule has 1 amide bonds. The lowest BCUT2D eigenvalue weighted by Crippen LogP contribution is -2.25. The number of hydrogen-bond donors (Lipinski definition) is 0. The molecule has 2 heterocycles. The Balaban J connectivity index is 1.46. The van der Waals surface area contributed by atoms with Crippen molar-refractivity contribution < 1.29 is 9.53 Å². The van der Waals surface area contributed by atoms with Crippen LogP contribution in [-0.2, 0) is 17.8 Å². The number of anilines is 1. The molecule has 0 aliphatic carbocycles. The van der Waals surface area contributed by atoms with Crippen molar-refractivity contribution >= 4 is 22.6 Å². The van der Waals surface area contributed by atoms with Gasteiger partial charge in [0.25, 0.3) is 0 Å². The van der Waals surface area contributed by atoms with Crippen LogP contribution in [0.1, 0.15) is 30.7 Å². The fraction of sp³-hybridized carbons (Fsp3) is 0.259. The van der Waals surface area contributed by atoms with Crippen molar-refractivity contribution in [2.75, 3.05) is 18.1 Å². The predicted molar refractivity (Wildman–Crippen MR) is 127 cm³/mol. The van der Waals surface area contributed by atoms with Gasteiger partial charge >= 0.3 is 0 Å². The molecule has 1 saturated heterocycles. The number of para-hydroxylation sites is 4. The lowest BCUT2D eigenvalue weighted by Gasteiger charge is -2.20. The molecule has 0 radical (unpaired) electrons. The van der Waals surface area contributed by atoms with Crippen LogP contribution >= 0.6 is 0 Å². The molecule has 32 heavy (non-hydrogen) atoms. The minimum absolute atomic E-state index is 0.0420. The van der Waals surface area contributed by atoms with E-state index in [0.29, 0.717) is 19.6 Å². The zero-order valence-corrected chi connectivity index (χ0v) is 18.3. The summed E-state index contributed by atoms with van der Waals surface area (Å²) in [6, 6.07) is 26.5. The molecule has 0 saturated carbocycles. The SMILES string of the molecule is CCOc1ccccc1N1C[C@@H](c2nc3ccccc3n2CCc2ccccc2)CC1=O. The van der Waals surface area contributed by atoms with Gasteiger partial charge in [-0.05, 0) is 43.2 Å². The lowest BCUT2D eigenvalue weighted by atomic mass is 10.1. The van der Waals surface area contributed by atoms with E-state index in [2.05, 4.69) is 47.0 Å². The predicted octanol–water partition coefficient (Wildman–Crippen LogP) is 5.20. The van der Waals surface area contributed by atoms with E-state index in [1.54, 1.807) is 0 Å². The summed E-state index contributed by atoms with van der Waals surface area (Å²) >= 11 is 0. The third-order valence-electron chi connectivity index (χ3n) is 6.10. The van der Waals surface area contributed by atoms with Crippen LogP contribution in [0.5, 0.6) is 5.75 Å². The van der Waals surface area contributed by atoms with Gasteiger partial charge in [-0.1, -0.05) is 54.6 Å². The maximum Gasteiger partial charge on any atom is 0.227 e. The molecule has 5 rings (SSSR count). The van der Waals surface area contributed by atoms with Crippen LogP contribution in [0.4, 0.5) is 5.69 Å².